The van der Waals surface area contributed by atoms with Crippen LogP contribution in [0.2, 0.25) is 0 Å². The molecule has 0 fully saturated rings. The molecule has 0 amide bonds. The zero-order chi connectivity index (χ0) is 13.2. The van der Waals surface area contributed by atoms with Crippen molar-refractivity contribution in [3.8, 4) is 0 Å². The summed E-state index contributed by atoms with van der Waals surface area (Å²) in [5.41, 5.74) is 5.47. The van der Waals surface area contributed by atoms with Gasteiger partial charge in [0.25, 0.3) is 0 Å². The van der Waals surface area contributed by atoms with Crippen LogP contribution in [0.15, 0.2) is 48.5 Å². The molecule has 1 unspecified atom stereocenters. The van der Waals surface area contributed by atoms with Crippen LogP contribution in [-0.4, -0.2) is 25.5 Å². The van der Waals surface area contributed by atoms with E-state index in [9.17, 15) is 0 Å². The summed E-state index contributed by atoms with van der Waals surface area (Å²) in [5, 5.41) is 3.17. The standard InChI is InChI=1S/C17H20N2/c1-18-15-9-7-14(8-10-15)17-16-6-4-3-5-13(16)11-12-19(17)2/h3-10,17-18H,11-12H2,1-2H3. The first-order valence-corrected chi connectivity index (χ1v) is 6.85. The minimum absolute atomic E-state index is 0.385. The minimum Gasteiger partial charge on any atom is -0.388 e. The highest BCUT2D eigenvalue weighted by Gasteiger charge is 2.25. The molecule has 2 nitrogen and oxygen atoms in total. The number of benzene rings is 2. The van der Waals surface area contributed by atoms with Gasteiger partial charge in [0.1, 0.15) is 0 Å². The van der Waals surface area contributed by atoms with Crippen LogP contribution < -0.4 is 5.32 Å². The van der Waals surface area contributed by atoms with Crippen molar-refractivity contribution < 1.29 is 0 Å². The van der Waals surface area contributed by atoms with Crippen LogP contribution in [0.25, 0.3) is 0 Å². The molecule has 2 aromatic carbocycles. The second kappa shape index (κ2) is 5.06. The van der Waals surface area contributed by atoms with Crippen LogP contribution in [0.3, 0.4) is 0 Å². The molecule has 19 heavy (non-hydrogen) atoms. The van der Waals surface area contributed by atoms with Gasteiger partial charge in [0, 0.05) is 19.3 Å². The maximum absolute atomic E-state index is 3.17. The molecular weight excluding hydrogens is 232 g/mol. The second-order valence-corrected chi connectivity index (χ2v) is 5.20. The molecule has 1 aliphatic rings. The van der Waals surface area contributed by atoms with Crippen LogP contribution in [0.5, 0.6) is 0 Å². The summed E-state index contributed by atoms with van der Waals surface area (Å²) in [6, 6.07) is 18.0. The Morgan fingerprint density at radius 1 is 1.05 bits per heavy atom. The van der Waals surface area contributed by atoms with Crippen molar-refractivity contribution in [2.24, 2.45) is 0 Å². The average molecular weight is 252 g/mol. The van der Waals surface area contributed by atoms with E-state index in [0.717, 1.165) is 18.7 Å². The molecule has 0 spiro atoms. The Morgan fingerprint density at radius 3 is 2.53 bits per heavy atom. The lowest BCUT2D eigenvalue weighted by molar-refractivity contribution is 0.265. The van der Waals surface area contributed by atoms with Gasteiger partial charge in [-0.15, -0.1) is 0 Å². The molecule has 1 N–H and O–H groups in total. The number of anilines is 1. The lowest BCUT2D eigenvalue weighted by atomic mass is 9.88. The molecule has 0 bridgehead atoms. The maximum atomic E-state index is 3.17. The highest BCUT2D eigenvalue weighted by molar-refractivity contribution is 5.47. The third kappa shape index (κ3) is 2.24. The van der Waals surface area contributed by atoms with Gasteiger partial charge in [0.2, 0.25) is 0 Å². The Bertz CT molecular complexity index is 560. The Morgan fingerprint density at radius 2 is 1.79 bits per heavy atom. The van der Waals surface area contributed by atoms with E-state index >= 15 is 0 Å². The molecule has 3 rings (SSSR count). The summed E-state index contributed by atoms with van der Waals surface area (Å²) in [4.78, 5) is 2.44. The van der Waals surface area contributed by atoms with Crippen molar-refractivity contribution in [2.75, 3.05) is 26.0 Å². The van der Waals surface area contributed by atoms with Gasteiger partial charge < -0.3 is 5.32 Å². The van der Waals surface area contributed by atoms with E-state index in [1.54, 1.807) is 0 Å². The number of hydrogen-bond acceptors (Lipinski definition) is 2. The molecule has 1 heterocycles. The van der Waals surface area contributed by atoms with E-state index in [1.807, 2.05) is 7.05 Å². The maximum Gasteiger partial charge on any atom is 0.0602 e. The predicted molar refractivity (Wildman–Crippen MR) is 80.6 cm³/mol. The van der Waals surface area contributed by atoms with Crippen molar-refractivity contribution >= 4 is 5.69 Å². The fourth-order valence-electron chi connectivity index (χ4n) is 2.96. The zero-order valence-corrected chi connectivity index (χ0v) is 11.6. The van der Waals surface area contributed by atoms with Crippen LogP contribution in [0, 0.1) is 0 Å². The van der Waals surface area contributed by atoms with Crippen LogP contribution in [-0.2, 0) is 6.42 Å². The monoisotopic (exact) mass is 252 g/mol. The quantitative estimate of drug-likeness (QED) is 0.882. The van der Waals surface area contributed by atoms with Gasteiger partial charge in [0.05, 0.1) is 6.04 Å². The Hall–Kier alpha value is -1.80. The largest absolute Gasteiger partial charge is 0.388 e. The zero-order valence-electron chi connectivity index (χ0n) is 11.6. The summed E-state index contributed by atoms with van der Waals surface area (Å²) < 4.78 is 0. The second-order valence-electron chi connectivity index (χ2n) is 5.20. The Kier molecular flexibility index (Phi) is 3.26. The molecule has 1 atom stereocenters. The molecule has 0 aliphatic carbocycles. The van der Waals surface area contributed by atoms with Gasteiger partial charge in [0.15, 0.2) is 0 Å². The molecule has 98 valence electrons. The van der Waals surface area contributed by atoms with Crippen molar-refractivity contribution in [1.82, 2.24) is 4.90 Å². The van der Waals surface area contributed by atoms with E-state index in [0.29, 0.717) is 6.04 Å². The van der Waals surface area contributed by atoms with Gasteiger partial charge in [-0.25, -0.2) is 0 Å². The molecule has 0 saturated heterocycles. The summed E-state index contributed by atoms with van der Waals surface area (Å²) in [6.45, 7) is 1.12. The summed E-state index contributed by atoms with van der Waals surface area (Å²) >= 11 is 0. The lowest BCUT2D eigenvalue weighted by Gasteiger charge is -2.35. The van der Waals surface area contributed by atoms with E-state index in [2.05, 4.69) is 65.8 Å². The minimum atomic E-state index is 0.385. The topological polar surface area (TPSA) is 15.3 Å². The number of fused-ring (bicyclic) bond motifs is 1. The first kappa shape index (κ1) is 12.2. The van der Waals surface area contributed by atoms with Crippen molar-refractivity contribution in [1.29, 1.82) is 0 Å². The molecule has 2 aromatic rings. The third-order valence-electron chi connectivity index (χ3n) is 4.04. The van der Waals surface area contributed by atoms with Crippen molar-refractivity contribution in [3.63, 3.8) is 0 Å². The first-order chi connectivity index (χ1) is 9.29. The van der Waals surface area contributed by atoms with Crippen LogP contribution in [0.1, 0.15) is 22.7 Å². The Balaban J connectivity index is 2.02. The van der Waals surface area contributed by atoms with Crippen LogP contribution in [0.4, 0.5) is 5.69 Å². The predicted octanol–water partition coefficient (Wildman–Crippen LogP) is 3.31. The molecule has 0 radical (unpaired) electrons. The smallest absolute Gasteiger partial charge is 0.0602 e. The SMILES string of the molecule is CNc1ccc(C2c3ccccc3CCN2C)cc1. The Labute approximate surface area is 115 Å². The van der Waals surface area contributed by atoms with Gasteiger partial charge >= 0.3 is 0 Å². The molecule has 1 aliphatic heterocycles. The fraction of sp³-hybridized carbons (Fsp3) is 0.294. The molecule has 0 aromatic heterocycles. The highest BCUT2D eigenvalue weighted by Crippen LogP contribution is 2.34. The summed E-state index contributed by atoms with van der Waals surface area (Å²) in [5.74, 6) is 0. The first-order valence-electron chi connectivity index (χ1n) is 6.85. The number of hydrogen-bond donors (Lipinski definition) is 1. The van der Waals surface area contributed by atoms with E-state index in [4.69, 9.17) is 0 Å². The average Bonchev–Trinajstić information content (AvgIpc) is 2.47. The normalized spacial score (nSPS) is 18.9. The van der Waals surface area contributed by atoms with Crippen molar-refractivity contribution in [2.45, 2.75) is 12.5 Å². The molecular formula is C17H20N2. The van der Waals surface area contributed by atoms with E-state index in [1.165, 1.54) is 16.7 Å². The van der Waals surface area contributed by atoms with Crippen molar-refractivity contribution in [3.05, 3.63) is 65.2 Å². The molecule has 0 saturated carbocycles. The van der Waals surface area contributed by atoms with Gasteiger partial charge in [-0.05, 0) is 42.3 Å². The number of nitrogens with zero attached hydrogens (tertiary/aromatic N) is 1. The lowest BCUT2D eigenvalue weighted by Crippen LogP contribution is -2.32. The van der Waals surface area contributed by atoms with Gasteiger partial charge in [-0.2, -0.15) is 0 Å². The van der Waals surface area contributed by atoms with Gasteiger partial charge in [-0.3, -0.25) is 4.90 Å². The highest BCUT2D eigenvalue weighted by atomic mass is 15.1. The molecule has 2 heteroatoms. The number of nitrogens with one attached hydrogen (secondary N) is 1. The number of rotatable bonds is 2. The summed E-state index contributed by atoms with van der Waals surface area (Å²) in [6.07, 6.45) is 1.15. The number of likely N-dealkylation sites (N-methyl/N-ethyl adjacent to an activating group) is 1. The van der Waals surface area contributed by atoms with E-state index in [-0.39, 0.29) is 0 Å². The third-order valence-corrected chi connectivity index (χ3v) is 4.04. The summed E-state index contributed by atoms with van der Waals surface area (Å²) in [7, 11) is 4.17. The fourth-order valence-corrected chi connectivity index (χ4v) is 2.96. The van der Waals surface area contributed by atoms with Gasteiger partial charge in [-0.1, -0.05) is 36.4 Å². The van der Waals surface area contributed by atoms with Crippen LogP contribution >= 0.6 is 0 Å². The van der Waals surface area contributed by atoms with E-state index < -0.39 is 0 Å².